The molecule has 0 unspecified atom stereocenters. The lowest BCUT2D eigenvalue weighted by Crippen LogP contribution is -2.02. The number of aromatic nitrogens is 4. The van der Waals surface area contributed by atoms with Gasteiger partial charge in [-0.05, 0) is 42.8 Å². The maximum Gasteiger partial charge on any atom is 0.139 e. The van der Waals surface area contributed by atoms with Gasteiger partial charge in [0, 0.05) is 53.6 Å². The van der Waals surface area contributed by atoms with Crippen molar-refractivity contribution >= 4 is 39.6 Å². The molecule has 168 valence electrons. The number of nitrogens with one attached hydrogen (secondary N) is 3. The fourth-order valence-corrected chi connectivity index (χ4v) is 3.82. The van der Waals surface area contributed by atoms with Crippen molar-refractivity contribution in [3.05, 3.63) is 84.9 Å². The third-order valence-electron chi connectivity index (χ3n) is 5.51. The van der Waals surface area contributed by atoms with E-state index < -0.39 is 0 Å². The van der Waals surface area contributed by atoms with Crippen LogP contribution in [0.5, 0.6) is 5.75 Å². The third-order valence-corrected chi connectivity index (χ3v) is 5.51. The van der Waals surface area contributed by atoms with Crippen molar-refractivity contribution in [3.63, 3.8) is 0 Å². The van der Waals surface area contributed by atoms with E-state index in [0.717, 1.165) is 44.8 Å². The first-order chi connectivity index (χ1) is 16.6. The Morgan fingerprint density at radius 1 is 0.765 bits per heavy atom. The zero-order valence-electron chi connectivity index (χ0n) is 18.7. The molecule has 0 amide bonds. The molecule has 2 aromatic carbocycles. The van der Waals surface area contributed by atoms with Crippen molar-refractivity contribution in [2.75, 3.05) is 23.0 Å². The van der Waals surface area contributed by atoms with Gasteiger partial charge in [0.05, 0.1) is 11.4 Å². The Balaban J connectivity index is 1.57. The van der Waals surface area contributed by atoms with Crippen molar-refractivity contribution in [1.29, 1.82) is 0 Å². The number of pyridine rings is 2. The van der Waals surface area contributed by atoms with E-state index in [2.05, 4.69) is 42.8 Å². The second kappa shape index (κ2) is 9.03. The minimum absolute atomic E-state index is 0.192. The van der Waals surface area contributed by atoms with Gasteiger partial charge in [-0.1, -0.05) is 18.2 Å². The standard InChI is InChI=1S/C26H23N7O/c1-16-8-9-20-19(10-12-29-25(20)32-17-5-3-6-18(34)13-17)24(16)33-26-21(7-4-11-28-26)22-14-23(27-2)31-15-30-22/h3-15,34H,1-2H3,(H,28,33)(H,29,32)(H,27,30,31). The van der Waals surface area contributed by atoms with Gasteiger partial charge in [-0.2, -0.15) is 0 Å². The zero-order valence-corrected chi connectivity index (χ0v) is 18.7. The minimum Gasteiger partial charge on any atom is -0.508 e. The summed E-state index contributed by atoms with van der Waals surface area (Å²) in [5.41, 5.74) is 4.39. The van der Waals surface area contributed by atoms with Gasteiger partial charge in [-0.25, -0.2) is 19.9 Å². The van der Waals surface area contributed by atoms with Crippen LogP contribution in [0.15, 0.2) is 79.4 Å². The number of fused-ring (bicyclic) bond motifs is 1. The summed E-state index contributed by atoms with van der Waals surface area (Å²) in [5, 5.41) is 21.6. The van der Waals surface area contributed by atoms with Gasteiger partial charge in [0.1, 0.15) is 29.5 Å². The number of hydrogen-bond acceptors (Lipinski definition) is 8. The molecule has 34 heavy (non-hydrogen) atoms. The molecule has 3 heterocycles. The molecule has 4 N–H and O–H groups in total. The van der Waals surface area contributed by atoms with Crippen LogP contribution in [0.3, 0.4) is 0 Å². The molecule has 3 aromatic heterocycles. The van der Waals surface area contributed by atoms with Crippen LogP contribution in [-0.4, -0.2) is 32.1 Å². The van der Waals surface area contributed by atoms with Crippen LogP contribution in [0.2, 0.25) is 0 Å². The number of aryl methyl sites for hydroxylation is 1. The first kappa shape index (κ1) is 21.1. The predicted molar refractivity (Wildman–Crippen MR) is 136 cm³/mol. The fourth-order valence-electron chi connectivity index (χ4n) is 3.82. The largest absolute Gasteiger partial charge is 0.508 e. The molecule has 0 saturated heterocycles. The number of phenols is 1. The van der Waals surface area contributed by atoms with E-state index in [4.69, 9.17) is 0 Å². The lowest BCUT2D eigenvalue weighted by Gasteiger charge is -2.17. The highest BCUT2D eigenvalue weighted by atomic mass is 16.3. The minimum atomic E-state index is 0.192. The van der Waals surface area contributed by atoms with Crippen molar-refractivity contribution in [2.45, 2.75) is 6.92 Å². The molecular weight excluding hydrogens is 426 g/mol. The first-order valence-corrected chi connectivity index (χ1v) is 10.8. The molecule has 5 rings (SSSR count). The van der Waals surface area contributed by atoms with Gasteiger partial charge < -0.3 is 21.1 Å². The van der Waals surface area contributed by atoms with Crippen LogP contribution in [0.1, 0.15) is 5.56 Å². The van der Waals surface area contributed by atoms with Gasteiger partial charge >= 0.3 is 0 Å². The highest BCUT2D eigenvalue weighted by Gasteiger charge is 2.14. The number of nitrogens with zero attached hydrogens (tertiary/aromatic N) is 4. The molecular formula is C26H23N7O. The van der Waals surface area contributed by atoms with E-state index in [-0.39, 0.29) is 5.75 Å². The normalized spacial score (nSPS) is 10.8. The predicted octanol–water partition coefficient (Wildman–Crippen LogP) is 5.63. The molecule has 0 aliphatic rings. The Bertz CT molecular complexity index is 1490. The average molecular weight is 450 g/mol. The molecule has 0 spiro atoms. The van der Waals surface area contributed by atoms with Crippen molar-refractivity contribution in [2.24, 2.45) is 0 Å². The van der Waals surface area contributed by atoms with E-state index >= 15 is 0 Å². The van der Waals surface area contributed by atoms with E-state index in [1.54, 1.807) is 30.6 Å². The summed E-state index contributed by atoms with van der Waals surface area (Å²) < 4.78 is 0. The Labute approximate surface area is 196 Å². The van der Waals surface area contributed by atoms with Gasteiger partial charge in [-0.3, -0.25) is 0 Å². The van der Waals surface area contributed by atoms with Crippen molar-refractivity contribution in [1.82, 2.24) is 19.9 Å². The maximum absolute atomic E-state index is 9.81. The lowest BCUT2D eigenvalue weighted by atomic mass is 10.0. The van der Waals surface area contributed by atoms with Crippen molar-refractivity contribution in [3.8, 4) is 17.0 Å². The highest BCUT2D eigenvalue weighted by molar-refractivity contribution is 6.03. The number of rotatable bonds is 6. The molecule has 0 aliphatic heterocycles. The van der Waals surface area contributed by atoms with Crippen LogP contribution in [0.25, 0.3) is 22.0 Å². The lowest BCUT2D eigenvalue weighted by molar-refractivity contribution is 0.475. The number of hydrogen-bond donors (Lipinski definition) is 4. The monoisotopic (exact) mass is 449 g/mol. The van der Waals surface area contributed by atoms with E-state index in [9.17, 15) is 5.11 Å². The van der Waals surface area contributed by atoms with Crippen LogP contribution in [0, 0.1) is 6.92 Å². The third kappa shape index (κ3) is 4.16. The smallest absolute Gasteiger partial charge is 0.139 e. The Hall–Kier alpha value is -4.72. The number of anilines is 5. The average Bonchev–Trinajstić information content (AvgIpc) is 2.86. The Morgan fingerprint density at radius 3 is 2.50 bits per heavy atom. The van der Waals surface area contributed by atoms with Gasteiger partial charge in [-0.15, -0.1) is 0 Å². The summed E-state index contributed by atoms with van der Waals surface area (Å²) in [7, 11) is 1.82. The highest BCUT2D eigenvalue weighted by Crippen LogP contribution is 2.36. The molecule has 0 atom stereocenters. The second-order valence-corrected chi connectivity index (χ2v) is 7.75. The van der Waals surface area contributed by atoms with E-state index in [1.165, 1.54) is 6.33 Å². The molecule has 8 heteroatoms. The van der Waals surface area contributed by atoms with Gasteiger partial charge in [0.15, 0.2) is 0 Å². The summed E-state index contributed by atoms with van der Waals surface area (Å²) in [5.74, 6) is 2.31. The summed E-state index contributed by atoms with van der Waals surface area (Å²) in [6.45, 7) is 2.05. The second-order valence-electron chi connectivity index (χ2n) is 7.75. The zero-order chi connectivity index (χ0) is 23.5. The van der Waals surface area contributed by atoms with E-state index in [1.807, 2.05) is 49.5 Å². The number of benzene rings is 2. The van der Waals surface area contributed by atoms with Crippen LogP contribution < -0.4 is 16.0 Å². The fraction of sp³-hybridized carbons (Fsp3) is 0.0769. The van der Waals surface area contributed by atoms with Gasteiger partial charge in [0.25, 0.3) is 0 Å². The quantitative estimate of drug-likeness (QED) is 0.264. The molecule has 0 saturated carbocycles. The number of phenolic OH excluding ortho intramolecular Hbond substituents is 1. The number of aromatic hydroxyl groups is 1. The summed E-state index contributed by atoms with van der Waals surface area (Å²) >= 11 is 0. The molecule has 0 aliphatic carbocycles. The summed E-state index contributed by atoms with van der Waals surface area (Å²) in [6.07, 6.45) is 5.05. The van der Waals surface area contributed by atoms with Crippen LogP contribution in [0.4, 0.5) is 28.8 Å². The van der Waals surface area contributed by atoms with Gasteiger partial charge in [0.2, 0.25) is 0 Å². The summed E-state index contributed by atoms with van der Waals surface area (Å²) in [4.78, 5) is 17.8. The summed E-state index contributed by atoms with van der Waals surface area (Å²) in [6, 6.07) is 18.8. The molecule has 0 bridgehead atoms. The Kier molecular flexibility index (Phi) is 5.61. The maximum atomic E-state index is 9.81. The molecule has 5 aromatic rings. The molecule has 0 fully saturated rings. The molecule has 8 nitrogen and oxygen atoms in total. The van der Waals surface area contributed by atoms with Crippen molar-refractivity contribution < 1.29 is 5.11 Å². The molecule has 0 radical (unpaired) electrons. The van der Waals surface area contributed by atoms with Crippen LogP contribution in [-0.2, 0) is 0 Å². The first-order valence-electron chi connectivity index (χ1n) is 10.8. The van der Waals surface area contributed by atoms with Crippen LogP contribution >= 0.6 is 0 Å². The Morgan fingerprint density at radius 2 is 1.65 bits per heavy atom. The van der Waals surface area contributed by atoms with E-state index in [0.29, 0.717) is 11.6 Å². The topological polar surface area (TPSA) is 108 Å². The SMILES string of the molecule is CNc1cc(-c2cccnc2Nc2c(C)ccc3c(Nc4cccc(O)c4)nccc23)ncn1.